The van der Waals surface area contributed by atoms with E-state index in [0.717, 1.165) is 43.7 Å². The molecule has 1 atom stereocenters. The maximum atomic E-state index is 14.0. The van der Waals surface area contributed by atoms with E-state index >= 15 is 0 Å². The lowest BCUT2D eigenvalue weighted by Gasteiger charge is -2.22. The molecule has 110 valence electrons. The standard InChI is InChI=1S/C16H20F3N/c1-2-20-16(11-7-5-3-4-6-8-11)12-9-10-13(17)15(19)14(12)18/h7,9-10,16,20H,2-6,8H2,1H3. The molecule has 1 aromatic carbocycles. The van der Waals surface area contributed by atoms with Crippen LogP contribution >= 0.6 is 0 Å². The molecule has 0 amide bonds. The van der Waals surface area contributed by atoms with E-state index in [0.29, 0.717) is 6.54 Å². The van der Waals surface area contributed by atoms with Crippen LogP contribution < -0.4 is 5.32 Å². The smallest absolute Gasteiger partial charge is 0.194 e. The molecule has 0 saturated carbocycles. The molecule has 1 aromatic rings. The molecule has 0 heterocycles. The van der Waals surface area contributed by atoms with Gasteiger partial charge in [0.15, 0.2) is 17.5 Å². The largest absolute Gasteiger partial charge is 0.307 e. The summed E-state index contributed by atoms with van der Waals surface area (Å²) in [5.41, 5.74) is 1.27. The third-order valence-electron chi connectivity index (χ3n) is 3.73. The average molecular weight is 283 g/mol. The predicted molar refractivity (Wildman–Crippen MR) is 73.9 cm³/mol. The van der Waals surface area contributed by atoms with Gasteiger partial charge in [-0.05, 0) is 38.3 Å². The molecule has 1 aliphatic rings. The monoisotopic (exact) mass is 283 g/mol. The van der Waals surface area contributed by atoms with Crippen LogP contribution in [0.1, 0.15) is 50.6 Å². The summed E-state index contributed by atoms with van der Waals surface area (Å²) in [5, 5.41) is 3.19. The SMILES string of the molecule is CCNC(C1=CCCCCC1)c1ccc(F)c(F)c1F. The van der Waals surface area contributed by atoms with Gasteiger partial charge in [0, 0.05) is 5.56 Å². The lowest BCUT2D eigenvalue weighted by Crippen LogP contribution is -2.24. The van der Waals surface area contributed by atoms with Crippen LogP contribution in [0, 0.1) is 17.5 Å². The summed E-state index contributed by atoms with van der Waals surface area (Å²) in [6.45, 7) is 2.56. The van der Waals surface area contributed by atoms with Crippen molar-refractivity contribution in [3.8, 4) is 0 Å². The molecule has 0 bridgehead atoms. The van der Waals surface area contributed by atoms with Crippen LogP contribution in [0.15, 0.2) is 23.8 Å². The van der Waals surface area contributed by atoms with E-state index in [1.807, 2.05) is 6.92 Å². The quantitative estimate of drug-likeness (QED) is 0.626. The summed E-state index contributed by atoms with van der Waals surface area (Å²) in [4.78, 5) is 0. The minimum absolute atomic E-state index is 0.193. The molecule has 0 aromatic heterocycles. The zero-order valence-corrected chi connectivity index (χ0v) is 11.7. The Morgan fingerprint density at radius 3 is 2.65 bits per heavy atom. The van der Waals surface area contributed by atoms with Crippen molar-refractivity contribution in [1.82, 2.24) is 5.32 Å². The lowest BCUT2D eigenvalue weighted by atomic mass is 9.94. The molecule has 1 aliphatic carbocycles. The number of allylic oxidation sites excluding steroid dienone is 1. The van der Waals surface area contributed by atoms with E-state index in [9.17, 15) is 13.2 Å². The summed E-state index contributed by atoms with van der Waals surface area (Å²) in [6.07, 6.45) is 7.28. The van der Waals surface area contributed by atoms with E-state index in [-0.39, 0.29) is 11.6 Å². The molecule has 1 N–H and O–H groups in total. The minimum atomic E-state index is -1.39. The maximum Gasteiger partial charge on any atom is 0.194 e. The number of hydrogen-bond donors (Lipinski definition) is 1. The van der Waals surface area contributed by atoms with E-state index in [1.54, 1.807) is 0 Å². The highest BCUT2D eigenvalue weighted by atomic mass is 19.2. The number of rotatable bonds is 4. The van der Waals surface area contributed by atoms with Gasteiger partial charge in [-0.1, -0.05) is 31.1 Å². The molecular formula is C16H20F3N. The molecule has 1 nitrogen and oxygen atoms in total. The molecular weight excluding hydrogens is 263 g/mol. The van der Waals surface area contributed by atoms with Crippen LogP contribution in [0.4, 0.5) is 13.2 Å². The van der Waals surface area contributed by atoms with Gasteiger partial charge in [0.1, 0.15) is 0 Å². The fourth-order valence-corrected chi connectivity index (χ4v) is 2.71. The summed E-state index contributed by atoms with van der Waals surface area (Å²) >= 11 is 0. The first kappa shape index (κ1) is 15.1. The van der Waals surface area contributed by atoms with Crippen LogP contribution in [0.3, 0.4) is 0 Å². The Morgan fingerprint density at radius 2 is 1.90 bits per heavy atom. The number of halogens is 3. The lowest BCUT2D eigenvalue weighted by molar-refractivity contribution is 0.431. The first-order chi connectivity index (χ1) is 9.65. The first-order valence-corrected chi connectivity index (χ1v) is 7.20. The van der Waals surface area contributed by atoms with Gasteiger partial charge in [-0.2, -0.15) is 0 Å². The van der Waals surface area contributed by atoms with Crippen LogP contribution in [-0.2, 0) is 0 Å². The number of likely N-dealkylation sites (N-methyl/N-ethyl adjacent to an activating group) is 1. The average Bonchev–Trinajstić information content (AvgIpc) is 2.72. The fourth-order valence-electron chi connectivity index (χ4n) is 2.71. The molecule has 4 heteroatoms. The number of nitrogens with one attached hydrogen (secondary N) is 1. The van der Waals surface area contributed by atoms with Gasteiger partial charge >= 0.3 is 0 Å². The van der Waals surface area contributed by atoms with Gasteiger partial charge in [0.2, 0.25) is 0 Å². The molecule has 20 heavy (non-hydrogen) atoms. The van der Waals surface area contributed by atoms with Crippen LogP contribution in [-0.4, -0.2) is 6.54 Å². The molecule has 1 unspecified atom stereocenters. The van der Waals surface area contributed by atoms with E-state index < -0.39 is 17.5 Å². The molecule has 2 rings (SSSR count). The highest BCUT2D eigenvalue weighted by Crippen LogP contribution is 2.31. The molecule has 0 spiro atoms. The van der Waals surface area contributed by atoms with Gasteiger partial charge < -0.3 is 5.32 Å². The Labute approximate surface area is 117 Å². The zero-order valence-electron chi connectivity index (χ0n) is 11.7. The summed E-state index contributed by atoms with van der Waals surface area (Å²) in [5.74, 6) is -3.61. The summed E-state index contributed by atoms with van der Waals surface area (Å²) in [7, 11) is 0. The number of hydrogen-bond acceptors (Lipinski definition) is 1. The van der Waals surface area contributed by atoms with Gasteiger partial charge in [-0.25, -0.2) is 13.2 Å². The molecule has 0 saturated heterocycles. The Morgan fingerprint density at radius 1 is 1.10 bits per heavy atom. The van der Waals surface area contributed by atoms with E-state index in [2.05, 4.69) is 11.4 Å². The Bertz CT molecular complexity index is 497. The zero-order chi connectivity index (χ0) is 14.5. The van der Waals surface area contributed by atoms with Crippen LogP contribution in [0.2, 0.25) is 0 Å². The van der Waals surface area contributed by atoms with Crippen molar-refractivity contribution in [1.29, 1.82) is 0 Å². The maximum absolute atomic E-state index is 14.0. The Hall–Kier alpha value is -1.29. The topological polar surface area (TPSA) is 12.0 Å². The van der Waals surface area contributed by atoms with Crippen molar-refractivity contribution in [3.05, 3.63) is 46.8 Å². The molecule has 0 aliphatic heterocycles. The van der Waals surface area contributed by atoms with Crippen molar-refractivity contribution >= 4 is 0 Å². The van der Waals surface area contributed by atoms with Crippen molar-refractivity contribution < 1.29 is 13.2 Å². The van der Waals surface area contributed by atoms with Gasteiger partial charge in [-0.3, -0.25) is 0 Å². The minimum Gasteiger partial charge on any atom is -0.307 e. The summed E-state index contributed by atoms with van der Waals surface area (Å²) in [6, 6.07) is 1.97. The Kier molecular flexibility index (Phi) is 5.24. The van der Waals surface area contributed by atoms with Gasteiger partial charge in [-0.15, -0.1) is 0 Å². The second-order valence-corrected chi connectivity index (χ2v) is 5.13. The number of benzene rings is 1. The molecule has 0 fully saturated rings. The Balaban J connectivity index is 2.37. The second kappa shape index (κ2) is 6.93. The fraction of sp³-hybridized carbons (Fsp3) is 0.500. The van der Waals surface area contributed by atoms with Crippen LogP contribution in [0.25, 0.3) is 0 Å². The van der Waals surface area contributed by atoms with E-state index in [4.69, 9.17) is 0 Å². The third-order valence-corrected chi connectivity index (χ3v) is 3.73. The van der Waals surface area contributed by atoms with Crippen molar-refractivity contribution in [3.63, 3.8) is 0 Å². The highest BCUT2D eigenvalue weighted by Gasteiger charge is 2.23. The first-order valence-electron chi connectivity index (χ1n) is 7.20. The highest BCUT2D eigenvalue weighted by molar-refractivity contribution is 5.31. The van der Waals surface area contributed by atoms with Crippen LogP contribution in [0.5, 0.6) is 0 Å². The van der Waals surface area contributed by atoms with E-state index in [1.165, 1.54) is 6.07 Å². The van der Waals surface area contributed by atoms with Crippen molar-refractivity contribution in [2.24, 2.45) is 0 Å². The summed E-state index contributed by atoms with van der Waals surface area (Å²) < 4.78 is 40.5. The predicted octanol–water partition coefficient (Wildman–Crippen LogP) is 4.65. The van der Waals surface area contributed by atoms with Crippen molar-refractivity contribution in [2.45, 2.75) is 45.1 Å². The van der Waals surface area contributed by atoms with Gasteiger partial charge in [0.25, 0.3) is 0 Å². The van der Waals surface area contributed by atoms with Gasteiger partial charge in [0.05, 0.1) is 6.04 Å². The normalized spacial score (nSPS) is 17.5. The second-order valence-electron chi connectivity index (χ2n) is 5.13. The third kappa shape index (κ3) is 3.23. The van der Waals surface area contributed by atoms with Crippen molar-refractivity contribution in [2.75, 3.05) is 6.54 Å². The molecule has 0 radical (unpaired) electrons.